The quantitative estimate of drug-likeness (QED) is 0.226. The summed E-state index contributed by atoms with van der Waals surface area (Å²) in [6.45, 7) is 3.49. The van der Waals surface area contributed by atoms with Crippen molar-refractivity contribution < 1.29 is 18.9 Å². The van der Waals surface area contributed by atoms with Crippen LogP contribution in [0.2, 0.25) is 0 Å². The van der Waals surface area contributed by atoms with E-state index in [9.17, 15) is 19.7 Å². The lowest BCUT2D eigenvalue weighted by molar-refractivity contribution is -0.384. The van der Waals surface area contributed by atoms with Crippen LogP contribution in [0.25, 0.3) is 17.4 Å². The molecule has 1 aliphatic rings. The molecule has 3 heterocycles. The summed E-state index contributed by atoms with van der Waals surface area (Å²) < 4.78 is 12.7. The summed E-state index contributed by atoms with van der Waals surface area (Å²) in [5.74, 6) is 0.117. The normalized spacial score (nSPS) is 15.3. The molecular weight excluding hydrogens is 494 g/mol. The minimum Gasteiger partial charge on any atom is -0.466 e. The third-order valence-electron chi connectivity index (χ3n) is 6.06. The molecule has 0 aliphatic carbocycles. The topological polar surface area (TPSA) is 117 Å². The zero-order valence-electron chi connectivity index (χ0n) is 20.1. The highest BCUT2D eigenvalue weighted by Gasteiger charge is 2.33. The number of hydrogen-bond acceptors (Lipinski definition) is 8. The van der Waals surface area contributed by atoms with Gasteiger partial charge in [-0.3, -0.25) is 19.5 Å². The van der Waals surface area contributed by atoms with E-state index in [2.05, 4.69) is 4.99 Å². The second-order valence-corrected chi connectivity index (χ2v) is 9.47. The number of methoxy groups -OCH3 is 1. The minimum absolute atomic E-state index is 0.0612. The zero-order valence-corrected chi connectivity index (χ0v) is 20.9. The number of carbonyl (C=O) groups is 1. The molecule has 4 aromatic rings. The van der Waals surface area contributed by atoms with Gasteiger partial charge in [0.2, 0.25) is 0 Å². The predicted octanol–water partition coefficient (Wildman–Crippen LogP) is 3.88. The smallest absolute Gasteiger partial charge is 0.338 e. The molecule has 9 nitrogen and oxygen atoms in total. The van der Waals surface area contributed by atoms with Crippen LogP contribution in [0.5, 0.6) is 0 Å². The van der Waals surface area contributed by atoms with E-state index < -0.39 is 16.9 Å². The maximum absolute atomic E-state index is 13.6. The van der Waals surface area contributed by atoms with Crippen molar-refractivity contribution in [2.45, 2.75) is 19.9 Å². The van der Waals surface area contributed by atoms with E-state index in [-0.39, 0.29) is 11.2 Å². The van der Waals surface area contributed by atoms with Gasteiger partial charge >= 0.3 is 5.97 Å². The van der Waals surface area contributed by atoms with Crippen molar-refractivity contribution in [1.29, 1.82) is 0 Å². The number of hydrogen-bond donors (Lipinski definition) is 0. The van der Waals surface area contributed by atoms with Gasteiger partial charge < -0.3 is 9.15 Å². The summed E-state index contributed by atoms with van der Waals surface area (Å²) in [5, 5.41) is 11.5. The van der Waals surface area contributed by atoms with Gasteiger partial charge in [0.1, 0.15) is 11.5 Å². The number of furan rings is 1. The van der Waals surface area contributed by atoms with Gasteiger partial charge in [0, 0.05) is 12.1 Å². The van der Waals surface area contributed by atoms with Crippen LogP contribution in [0.3, 0.4) is 0 Å². The lowest BCUT2D eigenvalue weighted by Gasteiger charge is -2.24. The largest absolute Gasteiger partial charge is 0.466 e. The molecule has 37 heavy (non-hydrogen) atoms. The number of nitro benzene ring substituents is 1. The van der Waals surface area contributed by atoms with Crippen LogP contribution >= 0.6 is 11.3 Å². The number of fused-ring (bicyclic) bond motifs is 1. The van der Waals surface area contributed by atoms with Crippen molar-refractivity contribution >= 4 is 29.1 Å². The molecule has 1 aliphatic heterocycles. The number of thiazole rings is 1. The van der Waals surface area contributed by atoms with Gasteiger partial charge in [-0.2, -0.15) is 0 Å². The monoisotopic (exact) mass is 515 g/mol. The van der Waals surface area contributed by atoms with Gasteiger partial charge in [-0.15, -0.1) is 0 Å². The van der Waals surface area contributed by atoms with Crippen molar-refractivity contribution in [1.82, 2.24) is 4.57 Å². The third kappa shape index (κ3) is 4.31. The highest BCUT2D eigenvalue weighted by atomic mass is 32.1. The second kappa shape index (κ2) is 9.47. The van der Waals surface area contributed by atoms with Crippen molar-refractivity contribution in [3.05, 3.63) is 119 Å². The summed E-state index contributed by atoms with van der Waals surface area (Å²) in [5.41, 5.74) is 2.22. The fraction of sp³-hybridized carbons (Fsp3) is 0.148. The first-order chi connectivity index (χ1) is 17.8. The number of nitrogens with zero attached hydrogens (tertiary/aromatic N) is 3. The number of esters is 1. The molecule has 5 rings (SSSR count). The molecule has 0 bridgehead atoms. The Labute approximate surface area is 214 Å². The fourth-order valence-electron chi connectivity index (χ4n) is 4.35. The van der Waals surface area contributed by atoms with Gasteiger partial charge in [-0.1, -0.05) is 47.7 Å². The second-order valence-electron chi connectivity index (χ2n) is 8.46. The van der Waals surface area contributed by atoms with Crippen LogP contribution in [0, 0.1) is 17.0 Å². The average Bonchev–Trinajstić information content (AvgIpc) is 3.47. The van der Waals surface area contributed by atoms with Crippen molar-refractivity contribution in [2.75, 3.05) is 7.11 Å². The van der Waals surface area contributed by atoms with Crippen LogP contribution in [0.1, 0.15) is 29.9 Å². The Morgan fingerprint density at radius 2 is 1.92 bits per heavy atom. The predicted molar refractivity (Wildman–Crippen MR) is 138 cm³/mol. The zero-order chi connectivity index (χ0) is 26.3. The molecule has 0 saturated heterocycles. The maximum atomic E-state index is 13.6. The van der Waals surface area contributed by atoms with Crippen LogP contribution in [0.4, 0.5) is 5.69 Å². The molecule has 2 aromatic heterocycles. The summed E-state index contributed by atoms with van der Waals surface area (Å²) in [7, 11) is 1.29. The molecular formula is C27H21N3O6S. The minimum atomic E-state index is -0.700. The number of aryl methyl sites for hydroxylation is 1. The van der Waals surface area contributed by atoms with E-state index in [1.807, 2.05) is 30.3 Å². The van der Waals surface area contributed by atoms with E-state index in [0.717, 1.165) is 11.1 Å². The molecule has 0 saturated carbocycles. The number of carbonyl (C=O) groups excluding carboxylic acids is 1. The maximum Gasteiger partial charge on any atom is 0.338 e. The number of rotatable bonds is 5. The van der Waals surface area contributed by atoms with E-state index in [0.29, 0.717) is 37.7 Å². The molecule has 2 aromatic carbocycles. The number of nitro groups is 1. The highest BCUT2D eigenvalue weighted by Crippen LogP contribution is 2.33. The summed E-state index contributed by atoms with van der Waals surface area (Å²) >= 11 is 1.17. The van der Waals surface area contributed by atoms with E-state index in [1.54, 1.807) is 44.2 Å². The molecule has 0 amide bonds. The van der Waals surface area contributed by atoms with Crippen LogP contribution in [-0.2, 0) is 9.53 Å². The van der Waals surface area contributed by atoms with Gasteiger partial charge in [0.05, 0.1) is 39.4 Å². The number of benzene rings is 2. The third-order valence-corrected chi connectivity index (χ3v) is 7.04. The molecule has 0 radical (unpaired) electrons. The lowest BCUT2D eigenvalue weighted by Crippen LogP contribution is -2.39. The Bertz CT molecular complexity index is 1760. The highest BCUT2D eigenvalue weighted by molar-refractivity contribution is 7.07. The molecule has 186 valence electrons. The van der Waals surface area contributed by atoms with Crippen LogP contribution < -0.4 is 14.9 Å². The number of aromatic nitrogens is 1. The van der Waals surface area contributed by atoms with Gasteiger partial charge in [0.15, 0.2) is 4.80 Å². The molecule has 10 heteroatoms. The van der Waals surface area contributed by atoms with Gasteiger partial charge in [0.25, 0.3) is 11.2 Å². The standard InChI is InChI=1S/C27H21N3O6S/c1-15-9-11-19(20(13-15)30(33)34)21-12-10-18(36-21)14-22-25(31)29-24(17-7-5-4-6-8-17)23(26(32)35-3)16(2)28-27(29)37-22/h4-14,24H,1-3H3. The van der Waals surface area contributed by atoms with Crippen molar-refractivity contribution in [2.24, 2.45) is 4.99 Å². The molecule has 0 N–H and O–H groups in total. The van der Waals surface area contributed by atoms with Crippen LogP contribution in [0.15, 0.2) is 86.1 Å². The Hall–Kier alpha value is -4.57. The van der Waals surface area contributed by atoms with Crippen molar-refractivity contribution in [3.8, 4) is 11.3 Å². The SMILES string of the molecule is COC(=O)C1=C(C)N=c2sc(=Cc3ccc(-c4ccc(C)cc4[N+](=O)[O-])o3)c(=O)n2C1c1ccccc1. The van der Waals surface area contributed by atoms with Crippen molar-refractivity contribution in [3.63, 3.8) is 0 Å². The first-order valence-electron chi connectivity index (χ1n) is 11.3. The van der Waals surface area contributed by atoms with Gasteiger partial charge in [-0.05, 0) is 43.2 Å². The average molecular weight is 516 g/mol. The van der Waals surface area contributed by atoms with E-state index in [1.165, 1.54) is 29.1 Å². The Morgan fingerprint density at radius 1 is 1.16 bits per heavy atom. The van der Waals surface area contributed by atoms with E-state index >= 15 is 0 Å². The first kappa shape index (κ1) is 24.1. The molecule has 0 fully saturated rings. The summed E-state index contributed by atoms with van der Waals surface area (Å²) in [6.07, 6.45) is 1.58. The van der Waals surface area contributed by atoms with E-state index in [4.69, 9.17) is 9.15 Å². The summed E-state index contributed by atoms with van der Waals surface area (Å²) in [4.78, 5) is 42.3. The van der Waals surface area contributed by atoms with Crippen LogP contribution in [-0.4, -0.2) is 22.6 Å². The molecule has 1 unspecified atom stereocenters. The number of allylic oxidation sites excluding steroid dienone is 1. The number of ether oxygens (including phenoxy) is 1. The Kier molecular flexibility index (Phi) is 6.18. The summed E-state index contributed by atoms with van der Waals surface area (Å²) in [6, 6.07) is 16.7. The first-order valence-corrected chi connectivity index (χ1v) is 12.1. The fourth-order valence-corrected chi connectivity index (χ4v) is 5.38. The Morgan fingerprint density at radius 3 is 2.62 bits per heavy atom. The Balaban J connectivity index is 1.64. The molecule has 1 atom stereocenters. The lowest BCUT2D eigenvalue weighted by atomic mass is 9.96. The van der Waals surface area contributed by atoms with Gasteiger partial charge in [-0.25, -0.2) is 9.79 Å². The molecule has 0 spiro atoms.